The molecule has 1 fully saturated rings. The summed E-state index contributed by atoms with van der Waals surface area (Å²) < 4.78 is 13.0. The van der Waals surface area contributed by atoms with Gasteiger partial charge < -0.3 is 5.32 Å². The van der Waals surface area contributed by atoms with Gasteiger partial charge in [0.15, 0.2) is 0 Å². The van der Waals surface area contributed by atoms with Crippen molar-refractivity contribution in [2.45, 2.75) is 31.2 Å². The molecular formula is C19H20ClFN2O. The fraction of sp³-hybridized carbons (Fsp3) is 0.316. The molecule has 1 N–H and O–H groups in total. The van der Waals surface area contributed by atoms with Crippen molar-refractivity contribution in [3.8, 4) is 0 Å². The van der Waals surface area contributed by atoms with E-state index in [1.807, 2.05) is 24.3 Å². The maximum absolute atomic E-state index is 13.0. The van der Waals surface area contributed by atoms with Gasteiger partial charge in [-0.15, -0.1) is 0 Å². The first-order chi connectivity index (χ1) is 11.5. The van der Waals surface area contributed by atoms with Crippen molar-refractivity contribution in [1.82, 2.24) is 5.32 Å². The van der Waals surface area contributed by atoms with E-state index in [1.54, 1.807) is 19.2 Å². The molecule has 0 radical (unpaired) electrons. The Kier molecular flexibility index (Phi) is 4.76. The number of nitrogens with one attached hydrogen (secondary N) is 1. The third-order valence-electron chi connectivity index (χ3n) is 4.66. The minimum atomic E-state index is -0.314. The molecule has 0 aliphatic heterocycles. The smallest absolute Gasteiger partial charge is 0.322 e. The number of anilines is 1. The van der Waals surface area contributed by atoms with Crippen LogP contribution in [0.2, 0.25) is 5.02 Å². The fourth-order valence-corrected chi connectivity index (χ4v) is 3.16. The van der Waals surface area contributed by atoms with Gasteiger partial charge in [0.25, 0.3) is 0 Å². The highest BCUT2D eigenvalue weighted by atomic mass is 35.5. The Morgan fingerprint density at radius 2 is 1.79 bits per heavy atom. The number of carbonyl (C=O) groups excluding carboxylic acids is 1. The Hall–Kier alpha value is -2.07. The maximum atomic E-state index is 13.0. The number of hydrogen-bond donors (Lipinski definition) is 1. The first-order valence-corrected chi connectivity index (χ1v) is 8.41. The molecule has 2 amide bonds. The number of rotatable bonds is 4. The minimum absolute atomic E-state index is 0.171. The van der Waals surface area contributed by atoms with E-state index >= 15 is 0 Å². The van der Waals surface area contributed by atoms with E-state index in [-0.39, 0.29) is 17.4 Å². The van der Waals surface area contributed by atoms with E-state index in [2.05, 4.69) is 5.32 Å². The van der Waals surface area contributed by atoms with E-state index in [0.29, 0.717) is 10.7 Å². The number of hydrogen-bond acceptors (Lipinski definition) is 1. The summed E-state index contributed by atoms with van der Waals surface area (Å²) in [4.78, 5) is 14.1. The van der Waals surface area contributed by atoms with Crippen LogP contribution in [-0.4, -0.2) is 18.6 Å². The number of nitrogens with zero attached hydrogens (tertiary/aromatic N) is 1. The van der Waals surface area contributed by atoms with Crippen LogP contribution in [0.4, 0.5) is 14.9 Å². The second-order valence-corrected chi connectivity index (χ2v) is 6.84. The summed E-state index contributed by atoms with van der Waals surface area (Å²) in [7, 11) is 1.69. The molecule has 1 saturated carbocycles. The summed E-state index contributed by atoms with van der Waals surface area (Å²) in [5.41, 5.74) is 1.61. The zero-order valence-electron chi connectivity index (χ0n) is 13.6. The molecule has 1 aliphatic rings. The Morgan fingerprint density at radius 3 is 2.33 bits per heavy atom. The number of benzene rings is 2. The lowest BCUT2D eigenvalue weighted by Crippen LogP contribution is -2.58. The number of halogens is 2. The van der Waals surface area contributed by atoms with Gasteiger partial charge in [0.05, 0.1) is 0 Å². The van der Waals surface area contributed by atoms with Crippen LogP contribution < -0.4 is 10.2 Å². The summed E-state index contributed by atoms with van der Waals surface area (Å²) in [5.74, 6) is -0.314. The van der Waals surface area contributed by atoms with Gasteiger partial charge in [-0.25, -0.2) is 9.18 Å². The Balaban J connectivity index is 1.68. The van der Waals surface area contributed by atoms with E-state index < -0.39 is 0 Å². The van der Waals surface area contributed by atoms with Crippen LogP contribution in [0.1, 0.15) is 24.8 Å². The molecule has 0 unspecified atom stereocenters. The molecule has 3 rings (SSSR count). The van der Waals surface area contributed by atoms with Crippen LogP contribution in [0.25, 0.3) is 0 Å². The predicted octanol–water partition coefficient (Wildman–Crippen LogP) is 4.79. The van der Waals surface area contributed by atoms with Crippen LogP contribution in [0.15, 0.2) is 48.5 Å². The highest BCUT2D eigenvalue weighted by Gasteiger charge is 2.39. The van der Waals surface area contributed by atoms with E-state index in [1.165, 1.54) is 17.0 Å². The van der Waals surface area contributed by atoms with E-state index in [9.17, 15) is 9.18 Å². The Labute approximate surface area is 146 Å². The van der Waals surface area contributed by atoms with E-state index in [4.69, 9.17) is 11.6 Å². The monoisotopic (exact) mass is 346 g/mol. The van der Waals surface area contributed by atoms with Gasteiger partial charge in [-0.2, -0.15) is 0 Å². The summed E-state index contributed by atoms with van der Waals surface area (Å²) in [6, 6.07) is 13.5. The molecule has 1 aliphatic carbocycles. The first kappa shape index (κ1) is 16.8. The second kappa shape index (κ2) is 6.81. The van der Waals surface area contributed by atoms with Crippen molar-refractivity contribution in [3.63, 3.8) is 0 Å². The zero-order chi connectivity index (χ0) is 17.2. The lowest BCUT2D eigenvalue weighted by atomic mass is 9.73. The van der Waals surface area contributed by atoms with Crippen molar-refractivity contribution in [2.24, 2.45) is 0 Å². The van der Waals surface area contributed by atoms with Crippen molar-refractivity contribution in [3.05, 3.63) is 64.9 Å². The van der Waals surface area contributed by atoms with E-state index in [0.717, 1.165) is 31.2 Å². The lowest BCUT2D eigenvalue weighted by molar-refractivity contribution is 0.180. The Morgan fingerprint density at radius 1 is 1.17 bits per heavy atom. The molecule has 0 aromatic heterocycles. The highest BCUT2D eigenvalue weighted by molar-refractivity contribution is 6.30. The van der Waals surface area contributed by atoms with Gasteiger partial charge >= 0.3 is 6.03 Å². The van der Waals surface area contributed by atoms with Gasteiger partial charge in [-0.1, -0.05) is 23.7 Å². The average molecular weight is 347 g/mol. The van der Waals surface area contributed by atoms with Crippen LogP contribution in [-0.2, 0) is 6.42 Å². The average Bonchev–Trinajstić information content (AvgIpc) is 2.54. The molecule has 0 bridgehead atoms. The normalized spacial score (nSPS) is 15.5. The second-order valence-electron chi connectivity index (χ2n) is 6.40. The molecule has 5 heteroatoms. The molecule has 24 heavy (non-hydrogen) atoms. The van der Waals surface area contributed by atoms with Crippen LogP contribution in [0, 0.1) is 5.82 Å². The summed E-state index contributed by atoms with van der Waals surface area (Å²) in [6.45, 7) is 0. The SMILES string of the molecule is CN(C(=O)NC1(Cc2ccc(Cl)cc2)CCC1)c1ccc(F)cc1. The molecule has 0 spiro atoms. The quantitative estimate of drug-likeness (QED) is 0.848. The standard InChI is InChI=1S/C19H20ClFN2O/c1-23(17-9-7-16(21)8-10-17)18(24)22-19(11-2-12-19)13-14-3-5-15(20)6-4-14/h3-10H,2,11-13H2,1H3,(H,22,24). The number of amides is 2. The van der Waals surface area contributed by atoms with Crippen LogP contribution in [0.5, 0.6) is 0 Å². The molecular weight excluding hydrogens is 327 g/mol. The topological polar surface area (TPSA) is 32.3 Å². The molecule has 0 saturated heterocycles. The van der Waals surface area contributed by atoms with Gasteiger partial charge in [0.2, 0.25) is 0 Å². The zero-order valence-corrected chi connectivity index (χ0v) is 14.3. The lowest BCUT2D eigenvalue weighted by Gasteiger charge is -2.43. The largest absolute Gasteiger partial charge is 0.332 e. The third kappa shape index (κ3) is 3.70. The molecule has 0 atom stereocenters. The molecule has 126 valence electrons. The summed E-state index contributed by atoms with van der Waals surface area (Å²) in [6.07, 6.45) is 3.80. The van der Waals surface area contributed by atoms with Crippen molar-refractivity contribution in [2.75, 3.05) is 11.9 Å². The van der Waals surface area contributed by atoms with Crippen molar-refractivity contribution < 1.29 is 9.18 Å². The predicted molar refractivity (Wildman–Crippen MR) is 95.1 cm³/mol. The van der Waals surface area contributed by atoms with Gasteiger partial charge in [-0.05, 0) is 67.6 Å². The van der Waals surface area contributed by atoms with Gasteiger partial charge in [0.1, 0.15) is 5.82 Å². The first-order valence-electron chi connectivity index (χ1n) is 8.03. The third-order valence-corrected chi connectivity index (χ3v) is 4.91. The molecule has 2 aromatic carbocycles. The molecule has 0 heterocycles. The number of carbonyl (C=O) groups is 1. The number of urea groups is 1. The maximum Gasteiger partial charge on any atom is 0.322 e. The highest BCUT2D eigenvalue weighted by Crippen LogP contribution is 2.35. The van der Waals surface area contributed by atoms with Gasteiger partial charge in [0, 0.05) is 23.3 Å². The van der Waals surface area contributed by atoms with Crippen molar-refractivity contribution >= 4 is 23.3 Å². The summed E-state index contributed by atoms with van der Waals surface area (Å²) in [5, 5.41) is 3.88. The van der Waals surface area contributed by atoms with Gasteiger partial charge in [-0.3, -0.25) is 4.90 Å². The van der Waals surface area contributed by atoms with Crippen LogP contribution in [0.3, 0.4) is 0 Å². The molecule has 2 aromatic rings. The van der Waals surface area contributed by atoms with Crippen molar-refractivity contribution in [1.29, 1.82) is 0 Å². The minimum Gasteiger partial charge on any atom is -0.332 e. The molecule has 3 nitrogen and oxygen atoms in total. The van der Waals surface area contributed by atoms with Crippen LogP contribution >= 0.6 is 11.6 Å². The summed E-state index contributed by atoms with van der Waals surface area (Å²) >= 11 is 5.93. The fourth-order valence-electron chi connectivity index (χ4n) is 3.04. The Bertz CT molecular complexity index is 711.